The first-order chi connectivity index (χ1) is 12.3. The fourth-order valence-corrected chi connectivity index (χ4v) is 3.56. The van der Waals surface area contributed by atoms with Gasteiger partial charge < -0.3 is 4.90 Å². The lowest BCUT2D eigenvalue weighted by atomic mass is 9.91. The van der Waals surface area contributed by atoms with E-state index < -0.39 is 0 Å². The monoisotopic (exact) mass is 332 g/mol. The summed E-state index contributed by atoms with van der Waals surface area (Å²) in [5.41, 5.74) is 2.68. The van der Waals surface area contributed by atoms with Crippen molar-refractivity contribution in [3.63, 3.8) is 0 Å². The Labute approximate surface area is 146 Å². The van der Waals surface area contributed by atoms with Gasteiger partial charge in [-0.3, -0.25) is 9.78 Å². The predicted octanol–water partition coefficient (Wildman–Crippen LogP) is 3.12. The number of para-hydroxylation sites is 1. The molecular weight excluding hydrogens is 312 g/mol. The molecule has 1 amide bonds. The van der Waals surface area contributed by atoms with E-state index in [2.05, 4.69) is 27.3 Å². The Bertz CT molecular complexity index is 881. The van der Waals surface area contributed by atoms with Crippen LogP contribution < -0.4 is 0 Å². The fraction of sp³-hybridized carbons (Fsp3) is 0.300. The van der Waals surface area contributed by atoms with Gasteiger partial charge in [0, 0.05) is 30.9 Å². The molecule has 1 saturated heterocycles. The normalized spacial score (nSPS) is 17.6. The van der Waals surface area contributed by atoms with E-state index in [4.69, 9.17) is 0 Å². The summed E-state index contributed by atoms with van der Waals surface area (Å²) < 4.78 is 0. The minimum Gasteiger partial charge on any atom is -0.337 e. The number of pyridine rings is 1. The summed E-state index contributed by atoms with van der Waals surface area (Å²) in [7, 11) is 0. The molecule has 0 bridgehead atoms. The summed E-state index contributed by atoms with van der Waals surface area (Å²) in [5.74, 6) is 0.437. The third-order valence-electron chi connectivity index (χ3n) is 4.77. The van der Waals surface area contributed by atoms with Crippen molar-refractivity contribution in [2.24, 2.45) is 5.92 Å². The number of likely N-dealkylation sites (tertiary alicyclic amines) is 1. The molecule has 3 aromatic rings. The number of fused-ring (bicyclic) bond motifs is 1. The van der Waals surface area contributed by atoms with Crippen molar-refractivity contribution >= 4 is 16.8 Å². The van der Waals surface area contributed by atoms with Crippen molar-refractivity contribution in [3.05, 3.63) is 66.1 Å². The highest BCUT2D eigenvalue weighted by Gasteiger charge is 2.25. The van der Waals surface area contributed by atoms with E-state index >= 15 is 0 Å². The van der Waals surface area contributed by atoms with Crippen molar-refractivity contribution in [3.8, 4) is 0 Å². The van der Waals surface area contributed by atoms with Crippen LogP contribution in [0, 0.1) is 5.92 Å². The molecule has 1 aliphatic heterocycles. The van der Waals surface area contributed by atoms with Gasteiger partial charge in [-0.15, -0.1) is 5.10 Å². The van der Waals surface area contributed by atoms with E-state index in [9.17, 15) is 4.79 Å². The molecule has 0 saturated carbocycles. The number of carbonyl (C=O) groups excluding carboxylic acids is 1. The average Bonchev–Trinajstić information content (AvgIpc) is 2.68. The lowest BCUT2D eigenvalue weighted by molar-refractivity contribution is 0.0666. The van der Waals surface area contributed by atoms with E-state index in [-0.39, 0.29) is 5.91 Å². The topological polar surface area (TPSA) is 59.0 Å². The van der Waals surface area contributed by atoms with Crippen molar-refractivity contribution in [2.75, 3.05) is 13.1 Å². The zero-order valence-corrected chi connectivity index (χ0v) is 14.0. The van der Waals surface area contributed by atoms with Crippen LogP contribution in [0.5, 0.6) is 0 Å². The van der Waals surface area contributed by atoms with Gasteiger partial charge in [0.25, 0.3) is 5.91 Å². The zero-order chi connectivity index (χ0) is 17.1. The molecule has 25 heavy (non-hydrogen) atoms. The third-order valence-corrected chi connectivity index (χ3v) is 4.77. The fourth-order valence-electron chi connectivity index (χ4n) is 3.56. The summed E-state index contributed by atoms with van der Waals surface area (Å²) in [6, 6.07) is 13.9. The van der Waals surface area contributed by atoms with Gasteiger partial charge in [0.2, 0.25) is 0 Å². The Morgan fingerprint density at radius 3 is 3.00 bits per heavy atom. The quantitative estimate of drug-likeness (QED) is 0.739. The molecule has 5 heteroatoms. The van der Waals surface area contributed by atoms with Crippen molar-refractivity contribution in [1.82, 2.24) is 20.1 Å². The average molecular weight is 332 g/mol. The molecule has 126 valence electrons. The van der Waals surface area contributed by atoms with E-state index in [1.165, 1.54) is 10.9 Å². The van der Waals surface area contributed by atoms with Crippen molar-refractivity contribution in [1.29, 1.82) is 0 Å². The van der Waals surface area contributed by atoms with Crippen LogP contribution in [-0.2, 0) is 6.42 Å². The minimum atomic E-state index is -0.0190. The Hall–Kier alpha value is -2.82. The molecule has 1 aromatic carbocycles. The molecule has 5 nitrogen and oxygen atoms in total. The summed E-state index contributed by atoms with van der Waals surface area (Å²) in [4.78, 5) is 19.0. The Morgan fingerprint density at radius 2 is 2.12 bits per heavy atom. The molecule has 0 N–H and O–H groups in total. The maximum absolute atomic E-state index is 12.6. The second kappa shape index (κ2) is 6.97. The van der Waals surface area contributed by atoms with Crippen LogP contribution in [0.15, 0.2) is 54.9 Å². The van der Waals surface area contributed by atoms with E-state index in [0.29, 0.717) is 11.6 Å². The number of rotatable bonds is 3. The lowest BCUT2D eigenvalue weighted by Crippen LogP contribution is -2.40. The maximum Gasteiger partial charge on any atom is 0.274 e. The van der Waals surface area contributed by atoms with Crippen LogP contribution in [0.4, 0.5) is 0 Å². The van der Waals surface area contributed by atoms with Crippen LogP contribution >= 0.6 is 0 Å². The van der Waals surface area contributed by atoms with Crippen molar-refractivity contribution < 1.29 is 4.79 Å². The molecule has 0 aliphatic carbocycles. The number of hydrogen-bond donors (Lipinski definition) is 0. The van der Waals surface area contributed by atoms with Crippen LogP contribution in [-0.4, -0.2) is 39.1 Å². The van der Waals surface area contributed by atoms with Gasteiger partial charge in [0.05, 0.1) is 5.52 Å². The summed E-state index contributed by atoms with van der Waals surface area (Å²) in [5, 5.41) is 8.93. The number of piperidine rings is 1. The van der Waals surface area contributed by atoms with Gasteiger partial charge in [-0.2, -0.15) is 5.10 Å². The highest BCUT2D eigenvalue weighted by molar-refractivity contribution is 5.92. The van der Waals surface area contributed by atoms with Gasteiger partial charge in [0.15, 0.2) is 5.69 Å². The van der Waals surface area contributed by atoms with Crippen LogP contribution in [0.3, 0.4) is 0 Å². The number of hydrogen-bond acceptors (Lipinski definition) is 4. The molecular formula is C20H20N4O. The van der Waals surface area contributed by atoms with Gasteiger partial charge in [-0.25, -0.2) is 0 Å². The predicted molar refractivity (Wildman–Crippen MR) is 96.1 cm³/mol. The summed E-state index contributed by atoms with van der Waals surface area (Å²) in [6.45, 7) is 1.56. The third kappa shape index (κ3) is 3.50. The van der Waals surface area contributed by atoms with Gasteiger partial charge in [-0.05, 0) is 55.0 Å². The molecule has 1 fully saturated rings. The molecule has 4 rings (SSSR count). The Kier molecular flexibility index (Phi) is 4.37. The molecule has 2 aromatic heterocycles. The number of amides is 1. The van der Waals surface area contributed by atoms with Gasteiger partial charge in [0.1, 0.15) is 0 Å². The number of nitrogens with zero attached hydrogens (tertiary/aromatic N) is 4. The first kappa shape index (κ1) is 15.7. The molecule has 1 atom stereocenters. The van der Waals surface area contributed by atoms with Crippen molar-refractivity contribution in [2.45, 2.75) is 19.3 Å². The van der Waals surface area contributed by atoms with E-state index in [1.54, 1.807) is 18.3 Å². The van der Waals surface area contributed by atoms with Gasteiger partial charge in [-0.1, -0.05) is 18.2 Å². The van der Waals surface area contributed by atoms with Crippen LogP contribution in [0.2, 0.25) is 0 Å². The molecule has 1 aliphatic rings. The Balaban J connectivity index is 1.46. The van der Waals surface area contributed by atoms with E-state index in [1.807, 2.05) is 29.3 Å². The molecule has 3 heterocycles. The Morgan fingerprint density at radius 1 is 1.20 bits per heavy atom. The molecule has 0 spiro atoms. The minimum absolute atomic E-state index is 0.0190. The summed E-state index contributed by atoms with van der Waals surface area (Å²) in [6.07, 6.45) is 6.66. The first-order valence-corrected chi connectivity index (χ1v) is 8.70. The number of carbonyl (C=O) groups is 1. The highest BCUT2D eigenvalue weighted by atomic mass is 16.2. The van der Waals surface area contributed by atoms with Crippen LogP contribution in [0.25, 0.3) is 10.9 Å². The second-order valence-electron chi connectivity index (χ2n) is 6.61. The van der Waals surface area contributed by atoms with Gasteiger partial charge >= 0.3 is 0 Å². The van der Waals surface area contributed by atoms with E-state index in [0.717, 1.165) is 37.9 Å². The number of benzene rings is 1. The first-order valence-electron chi connectivity index (χ1n) is 8.70. The molecule has 0 unspecified atom stereocenters. The summed E-state index contributed by atoms with van der Waals surface area (Å²) >= 11 is 0. The second-order valence-corrected chi connectivity index (χ2v) is 6.61. The molecule has 0 radical (unpaired) electrons. The highest BCUT2D eigenvalue weighted by Crippen LogP contribution is 2.23. The smallest absolute Gasteiger partial charge is 0.274 e. The largest absolute Gasteiger partial charge is 0.337 e. The lowest BCUT2D eigenvalue weighted by Gasteiger charge is -2.32. The maximum atomic E-state index is 12.6. The number of aromatic nitrogens is 3. The standard InChI is InChI=1S/C20H20N4O/c25-20(19-8-3-9-22-23-19)24-10-4-5-15(14-24)11-16-12-17-6-1-2-7-18(17)21-13-16/h1-3,6-9,12-13,15H,4-5,10-11,14H2/t15-/m0/s1. The SMILES string of the molecule is O=C(c1cccnn1)N1CCC[C@@H](Cc2cnc3ccccc3c2)C1. The van der Waals surface area contributed by atoms with Crippen LogP contribution in [0.1, 0.15) is 28.9 Å². The zero-order valence-electron chi connectivity index (χ0n) is 14.0.